The molecule has 0 aromatic carbocycles. The molecule has 7 rings (SSSR count). The van der Waals surface area contributed by atoms with Gasteiger partial charge >= 0.3 is 11.9 Å². The van der Waals surface area contributed by atoms with Gasteiger partial charge in [0, 0.05) is 31.1 Å². The van der Waals surface area contributed by atoms with Gasteiger partial charge in [0.05, 0.1) is 31.3 Å². The fourth-order valence-corrected chi connectivity index (χ4v) is 13.3. The van der Waals surface area contributed by atoms with Crippen LogP contribution in [-0.4, -0.2) is 157 Å². The summed E-state index contributed by atoms with van der Waals surface area (Å²) in [6.07, 6.45) is -11.7. The molecule has 8 N–H and O–H groups in total. The molecule has 4 aliphatic carbocycles. The molecule has 3 aliphatic heterocycles. The third-order valence-corrected chi connectivity index (χ3v) is 16.5. The SMILES string of the molecule is CC(=O)O[C@H]1C[C@H]2[C@@H]3CC(=O)[C@@H]4C[C@@H](O[C@@H]5O[C@H](CO)[C@@H](O)[C@H](O)[C@H]5O[C@@H]5O[C@H](CO)[C@@H](O)[C@H](O)[C@H]5O)CC[C@]4(C)[C@H]3CC[C@]2(C)[C@H]1[C@@](C)(O)CC[C@@H]1CC(=O)OC1(C)C. The van der Waals surface area contributed by atoms with Crippen LogP contribution in [0, 0.1) is 46.3 Å². The van der Waals surface area contributed by atoms with Crippen LogP contribution in [0.5, 0.6) is 0 Å². The molecule has 17 nitrogen and oxygen atoms in total. The number of aliphatic hydroxyl groups excluding tert-OH is 7. The van der Waals surface area contributed by atoms with Crippen LogP contribution in [0.2, 0.25) is 0 Å². The average Bonchev–Trinajstić information content (AvgIpc) is 3.63. The number of ether oxygens (including phenoxy) is 6. The predicted molar refractivity (Wildman–Crippen MR) is 206 cm³/mol. The van der Waals surface area contributed by atoms with Crippen molar-refractivity contribution in [1.82, 2.24) is 0 Å². The minimum atomic E-state index is -1.80. The Labute approximate surface area is 351 Å². The lowest BCUT2D eigenvalue weighted by atomic mass is 9.44. The van der Waals surface area contributed by atoms with E-state index in [1.165, 1.54) is 6.92 Å². The maximum atomic E-state index is 14.5. The molecule has 0 spiro atoms. The van der Waals surface area contributed by atoms with E-state index < -0.39 is 121 Å². The minimum absolute atomic E-state index is 0.0000918. The van der Waals surface area contributed by atoms with Crippen molar-refractivity contribution < 1.29 is 83.7 Å². The number of Topliss-reactive ketones (excluding diaryl/α,β-unsaturated/α-hetero) is 1. The molecule has 21 atom stereocenters. The number of aliphatic hydroxyl groups is 8. The van der Waals surface area contributed by atoms with E-state index in [1.54, 1.807) is 0 Å². The van der Waals surface area contributed by atoms with Crippen LogP contribution in [0.15, 0.2) is 0 Å². The molecular weight excluding hydrogens is 788 g/mol. The fraction of sp³-hybridized carbons (Fsp3) is 0.930. The molecule has 0 aromatic rings. The van der Waals surface area contributed by atoms with Crippen LogP contribution in [0.1, 0.15) is 106 Å². The van der Waals surface area contributed by atoms with Crippen molar-refractivity contribution in [3.8, 4) is 0 Å². The van der Waals surface area contributed by atoms with Crippen LogP contribution < -0.4 is 0 Å². The molecule has 7 fully saturated rings. The number of cyclic esters (lactones) is 1. The topological polar surface area (TPSA) is 268 Å². The van der Waals surface area contributed by atoms with Gasteiger partial charge in [0.1, 0.15) is 66.3 Å². The van der Waals surface area contributed by atoms with Crippen molar-refractivity contribution in [3.05, 3.63) is 0 Å². The summed E-state index contributed by atoms with van der Waals surface area (Å²) in [6, 6.07) is 0. The Kier molecular flexibility index (Phi) is 13.0. The third kappa shape index (κ3) is 8.10. The maximum Gasteiger partial charge on any atom is 0.306 e. The maximum absolute atomic E-state index is 14.5. The largest absolute Gasteiger partial charge is 0.462 e. The van der Waals surface area contributed by atoms with Gasteiger partial charge in [-0.1, -0.05) is 13.8 Å². The summed E-state index contributed by atoms with van der Waals surface area (Å²) in [7, 11) is 0. The van der Waals surface area contributed by atoms with Gasteiger partial charge in [-0.2, -0.15) is 0 Å². The normalized spacial score (nSPS) is 49.9. The van der Waals surface area contributed by atoms with Crippen LogP contribution in [0.4, 0.5) is 0 Å². The first-order chi connectivity index (χ1) is 28.1. The van der Waals surface area contributed by atoms with Crippen molar-refractivity contribution in [3.63, 3.8) is 0 Å². The zero-order valence-corrected chi connectivity index (χ0v) is 35.6. The Bertz CT molecular complexity index is 1590. The van der Waals surface area contributed by atoms with Gasteiger partial charge in [-0.05, 0) is 101 Å². The predicted octanol–water partition coefficient (Wildman–Crippen LogP) is 0.248. The third-order valence-electron chi connectivity index (χ3n) is 16.5. The van der Waals surface area contributed by atoms with Crippen LogP contribution >= 0.6 is 0 Å². The summed E-state index contributed by atoms with van der Waals surface area (Å²) in [4.78, 5) is 39.2. The van der Waals surface area contributed by atoms with Gasteiger partial charge in [-0.15, -0.1) is 0 Å². The molecule has 7 aliphatic rings. The molecule has 3 heterocycles. The lowest BCUT2D eigenvalue weighted by Gasteiger charge is -2.61. The zero-order chi connectivity index (χ0) is 43.9. The first-order valence-electron chi connectivity index (χ1n) is 21.9. The average molecular weight is 857 g/mol. The van der Waals surface area contributed by atoms with E-state index >= 15 is 0 Å². The van der Waals surface area contributed by atoms with Crippen LogP contribution in [-0.2, 0) is 42.8 Å². The molecule has 0 unspecified atom stereocenters. The minimum Gasteiger partial charge on any atom is -0.462 e. The number of carbonyl (C=O) groups is 3. The Hall–Kier alpha value is -1.87. The molecule has 0 radical (unpaired) electrons. The quantitative estimate of drug-likeness (QED) is 0.102. The standard InChI is InChI=1S/C43H68O17/c1-19(46)55-27-16-24-22-15-26(47)25-14-21(56-39-36(34(52)32(50)29(18-45)58-39)59-38-35(53)33(51)31(49)28(17-44)57-38)8-10-41(25,4)23(22)9-11-42(24,5)37(27)43(6,54)12-7-20-13-30(48)60-40(20,2)3/h20-25,27-29,31-39,44-45,49-54H,7-18H2,1-6H3/t20-,21+,22-,23+,24+,25+,27+,28-,29-,31-,32-,33+,34+,35-,36-,37+,38+,39-,41-,42+,43+/m1/s1. The van der Waals surface area contributed by atoms with E-state index in [0.29, 0.717) is 44.9 Å². The molecule has 60 heavy (non-hydrogen) atoms. The highest BCUT2D eigenvalue weighted by atomic mass is 16.8. The number of esters is 2. The van der Waals surface area contributed by atoms with Crippen molar-refractivity contribution in [1.29, 1.82) is 0 Å². The Morgan fingerprint density at radius 3 is 2.05 bits per heavy atom. The fourth-order valence-electron chi connectivity index (χ4n) is 13.3. The van der Waals surface area contributed by atoms with E-state index in [-0.39, 0.29) is 47.8 Å². The van der Waals surface area contributed by atoms with Gasteiger partial charge in [-0.3, -0.25) is 14.4 Å². The van der Waals surface area contributed by atoms with Crippen LogP contribution in [0.25, 0.3) is 0 Å². The highest BCUT2D eigenvalue weighted by Crippen LogP contribution is 2.69. The van der Waals surface area contributed by atoms with Crippen molar-refractivity contribution in [2.75, 3.05) is 13.2 Å². The van der Waals surface area contributed by atoms with E-state index in [0.717, 1.165) is 12.8 Å². The molecule has 17 heteroatoms. The number of rotatable bonds is 11. The molecule has 0 bridgehead atoms. The smallest absolute Gasteiger partial charge is 0.306 e. The Morgan fingerprint density at radius 1 is 0.800 bits per heavy atom. The van der Waals surface area contributed by atoms with E-state index in [9.17, 15) is 55.2 Å². The number of carbonyl (C=O) groups excluding carboxylic acids is 3. The summed E-state index contributed by atoms with van der Waals surface area (Å²) in [6.45, 7) is 9.97. The summed E-state index contributed by atoms with van der Waals surface area (Å²) >= 11 is 0. The van der Waals surface area contributed by atoms with Crippen LogP contribution in [0.3, 0.4) is 0 Å². The van der Waals surface area contributed by atoms with Gasteiger partial charge in [0.15, 0.2) is 12.6 Å². The monoisotopic (exact) mass is 856 g/mol. The van der Waals surface area contributed by atoms with Gasteiger partial charge < -0.3 is 69.3 Å². The van der Waals surface area contributed by atoms with E-state index in [1.807, 2.05) is 20.8 Å². The van der Waals surface area contributed by atoms with Gasteiger partial charge in [0.25, 0.3) is 0 Å². The van der Waals surface area contributed by atoms with Crippen molar-refractivity contribution in [2.45, 2.75) is 191 Å². The molecule has 342 valence electrons. The summed E-state index contributed by atoms with van der Waals surface area (Å²) in [5.41, 5.74) is -2.71. The van der Waals surface area contributed by atoms with Gasteiger partial charge in [-0.25, -0.2) is 0 Å². The molecule has 0 aromatic heterocycles. The van der Waals surface area contributed by atoms with Crippen molar-refractivity contribution >= 4 is 17.7 Å². The first-order valence-corrected chi connectivity index (χ1v) is 21.9. The summed E-state index contributed by atoms with van der Waals surface area (Å²) < 4.78 is 35.3. The Morgan fingerprint density at radius 2 is 1.43 bits per heavy atom. The first kappa shape index (κ1) is 46.1. The highest BCUT2D eigenvalue weighted by Gasteiger charge is 2.67. The second-order valence-corrected chi connectivity index (χ2v) is 20.4. The summed E-state index contributed by atoms with van der Waals surface area (Å²) in [5.74, 6) is -1.26. The second-order valence-electron chi connectivity index (χ2n) is 20.4. The molecular formula is C43H68O17. The number of hydrogen-bond acceptors (Lipinski definition) is 17. The molecule has 3 saturated heterocycles. The van der Waals surface area contributed by atoms with Gasteiger partial charge in [0.2, 0.25) is 0 Å². The zero-order valence-electron chi connectivity index (χ0n) is 35.6. The van der Waals surface area contributed by atoms with E-state index in [2.05, 4.69) is 13.8 Å². The summed E-state index contributed by atoms with van der Waals surface area (Å²) in [5, 5.41) is 85.2. The molecule has 0 amide bonds. The number of fused-ring (bicyclic) bond motifs is 5. The second kappa shape index (κ2) is 16.9. The Balaban J connectivity index is 1.07. The highest BCUT2D eigenvalue weighted by molar-refractivity contribution is 5.83. The lowest BCUT2D eigenvalue weighted by Crippen LogP contribution is -2.65. The van der Waals surface area contributed by atoms with E-state index in [4.69, 9.17) is 28.4 Å². The number of ketones is 1. The lowest BCUT2D eigenvalue weighted by molar-refractivity contribution is -0.373. The van der Waals surface area contributed by atoms with Crippen molar-refractivity contribution in [2.24, 2.45) is 46.3 Å². The molecule has 4 saturated carbocycles. The number of hydrogen-bond donors (Lipinski definition) is 8.